The molecule has 0 aliphatic heterocycles. The van der Waals surface area contributed by atoms with Crippen LogP contribution in [-0.2, 0) is 16.5 Å². The number of nitrogens with zero attached hydrogens (tertiary/aromatic N) is 4. The molecule has 0 saturated heterocycles. The van der Waals surface area contributed by atoms with E-state index in [1.807, 2.05) is 0 Å². The van der Waals surface area contributed by atoms with Crippen LogP contribution >= 0.6 is 0 Å². The normalized spacial score (nSPS) is 0.727. The van der Waals surface area contributed by atoms with Gasteiger partial charge in [-0.05, 0) is 0 Å². The first-order valence-corrected chi connectivity index (χ1v) is 0.894. The molecule has 0 amide bonds. The van der Waals surface area contributed by atoms with Crippen LogP contribution in [0.5, 0.6) is 0 Å². The largest absolute Gasteiger partial charge is 1.00 e. The molecular formula is C4N4Na2Ni-2. The van der Waals surface area contributed by atoms with E-state index >= 15 is 0 Å². The molecule has 11 heavy (non-hydrogen) atoms. The van der Waals surface area contributed by atoms with Crippen LogP contribution in [0, 0.1) is 47.3 Å². The maximum Gasteiger partial charge on any atom is 1.00 e. The van der Waals surface area contributed by atoms with Crippen molar-refractivity contribution >= 4 is 0 Å². The minimum atomic E-state index is 0. The number of rotatable bonds is 0. The molecule has 0 spiro atoms. The van der Waals surface area contributed by atoms with E-state index in [9.17, 15) is 0 Å². The van der Waals surface area contributed by atoms with Crippen LogP contribution in [-0.4, -0.2) is 0 Å². The molecule has 0 bridgehead atoms. The van der Waals surface area contributed by atoms with Crippen molar-refractivity contribution in [2.75, 3.05) is 0 Å². The molecule has 0 aliphatic carbocycles. The van der Waals surface area contributed by atoms with E-state index in [2.05, 4.69) is 0 Å². The van der Waals surface area contributed by atoms with E-state index in [0.29, 0.717) is 0 Å². The third kappa shape index (κ3) is 3630. The molecule has 0 rings (SSSR count). The third-order valence-corrected chi connectivity index (χ3v) is 0. The van der Waals surface area contributed by atoms with Crippen molar-refractivity contribution in [2.24, 2.45) is 0 Å². The molecule has 0 radical (unpaired) electrons. The second-order valence-electron chi connectivity index (χ2n) is 0. The fourth-order valence-electron chi connectivity index (χ4n) is 0. The van der Waals surface area contributed by atoms with Gasteiger partial charge in [0.15, 0.2) is 0 Å². The summed E-state index contributed by atoms with van der Waals surface area (Å²) in [7, 11) is 0. The van der Waals surface area contributed by atoms with Crippen molar-refractivity contribution in [1.82, 2.24) is 0 Å². The first-order valence-electron chi connectivity index (χ1n) is 0.894. The van der Waals surface area contributed by atoms with Gasteiger partial charge in [-0.15, -0.1) is 0 Å². The molecule has 7 heteroatoms. The Morgan fingerprint density at radius 1 is 0.455 bits per heavy atom. The SMILES string of the molecule is [C-]#N.[C-]#N.[C-]#N.[C-]#N.[Na+].[Na+].[Ni]. The molecule has 0 aromatic heterocycles. The smallest absolute Gasteiger partial charge is 0.512 e. The van der Waals surface area contributed by atoms with Crippen LogP contribution < -0.4 is 59.1 Å². The number of hydrogen-bond acceptors (Lipinski definition) is 4. The average molecular weight is 209 g/mol. The summed E-state index contributed by atoms with van der Waals surface area (Å²) < 4.78 is 0. The predicted molar refractivity (Wildman–Crippen MR) is 19.9 cm³/mol. The molecule has 0 N–H and O–H groups in total. The van der Waals surface area contributed by atoms with Crippen LogP contribution in [0.1, 0.15) is 0 Å². The number of hydrogen-bond donors (Lipinski definition) is 0. The summed E-state index contributed by atoms with van der Waals surface area (Å²) in [6.07, 6.45) is 0. The minimum Gasteiger partial charge on any atom is -0.512 e. The van der Waals surface area contributed by atoms with Crippen molar-refractivity contribution < 1.29 is 75.6 Å². The summed E-state index contributed by atoms with van der Waals surface area (Å²) in [6.45, 7) is 19.0. The fraction of sp³-hybridized carbons (Fsp3) is 0. The summed E-state index contributed by atoms with van der Waals surface area (Å²) in [5, 5.41) is 25.0. The predicted octanol–water partition coefficient (Wildman–Crippen LogP) is -5.61. The van der Waals surface area contributed by atoms with Gasteiger partial charge in [-0.3, -0.25) is 0 Å². The first-order chi connectivity index (χ1) is 4.00. The minimum absolute atomic E-state index is 0. The summed E-state index contributed by atoms with van der Waals surface area (Å²) >= 11 is 0. The Morgan fingerprint density at radius 2 is 0.455 bits per heavy atom. The van der Waals surface area contributed by atoms with Crippen molar-refractivity contribution in [3.8, 4) is 0 Å². The zero-order chi connectivity index (χ0) is 8.00. The maximum atomic E-state index is 6.25. The molecule has 0 saturated carbocycles. The van der Waals surface area contributed by atoms with E-state index in [-0.39, 0.29) is 75.6 Å². The van der Waals surface area contributed by atoms with Crippen molar-refractivity contribution in [3.63, 3.8) is 0 Å². The van der Waals surface area contributed by atoms with Gasteiger partial charge in [-0.1, -0.05) is 0 Å². The van der Waals surface area contributed by atoms with Gasteiger partial charge in [0, 0.05) is 16.5 Å². The van der Waals surface area contributed by atoms with Crippen LogP contribution in [0.3, 0.4) is 0 Å². The Morgan fingerprint density at radius 3 is 0.455 bits per heavy atom. The van der Waals surface area contributed by atoms with E-state index in [0.717, 1.165) is 0 Å². The molecule has 0 unspecified atom stereocenters. The second kappa shape index (κ2) is 4540. The zero-order valence-electron chi connectivity index (χ0n) is 6.11. The first kappa shape index (κ1) is 63.1. The van der Waals surface area contributed by atoms with Crippen molar-refractivity contribution in [1.29, 1.82) is 21.0 Å². The monoisotopic (exact) mass is 208 g/mol. The van der Waals surface area contributed by atoms with Crippen LogP contribution in [0.4, 0.5) is 0 Å². The van der Waals surface area contributed by atoms with Gasteiger partial charge in [0.2, 0.25) is 0 Å². The molecule has 0 atom stereocenters. The molecule has 50 valence electrons. The molecule has 0 aromatic carbocycles. The van der Waals surface area contributed by atoms with Gasteiger partial charge in [0.25, 0.3) is 0 Å². The Balaban J connectivity index is -0.00000000356. The van der Waals surface area contributed by atoms with Gasteiger partial charge in [-0.25, -0.2) is 0 Å². The van der Waals surface area contributed by atoms with Gasteiger partial charge < -0.3 is 47.3 Å². The van der Waals surface area contributed by atoms with E-state index < -0.39 is 0 Å². The molecule has 0 heterocycles. The summed E-state index contributed by atoms with van der Waals surface area (Å²) in [5.74, 6) is 0. The quantitative estimate of drug-likeness (QED) is 0.293. The van der Waals surface area contributed by atoms with Crippen LogP contribution in [0.15, 0.2) is 0 Å². The molecule has 0 aliphatic rings. The van der Waals surface area contributed by atoms with Crippen molar-refractivity contribution in [2.45, 2.75) is 0 Å². The molecule has 0 aromatic rings. The molecular weight excluding hydrogens is 209 g/mol. The third-order valence-electron chi connectivity index (χ3n) is 0. The van der Waals surface area contributed by atoms with E-state index in [1.54, 1.807) is 0 Å². The van der Waals surface area contributed by atoms with Crippen LogP contribution in [0.2, 0.25) is 0 Å². The molecule has 4 nitrogen and oxygen atoms in total. The Labute approximate surface area is 121 Å². The van der Waals surface area contributed by atoms with Crippen LogP contribution in [0.25, 0.3) is 0 Å². The van der Waals surface area contributed by atoms with Gasteiger partial charge in [-0.2, -0.15) is 0 Å². The summed E-state index contributed by atoms with van der Waals surface area (Å²) in [6, 6.07) is 0. The van der Waals surface area contributed by atoms with Crippen molar-refractivity contribution in [3.05, 3.63) is 26.3 Å². The Bertz CT molecular complexity index is 63.1. The summed E-state index contributed by atoms with van der Waals surface area (Å²) in [5.41, 5.74) is 0. The molecule has 0 fully saturated rings. The van der Waals surface area contributed by atoms with E-state index in [1.165, 1.54) is 0 Å². The fourth-order valence-corrected chi connectivity index (χ4v) is 0. The topological polar surface area (TPSA) is 95.2 Å². The Kier molecular flexibility index (Phi) is 26100. The average Bonchev–Trinajstić information content (AvgIpc) is 2.03. The Hall–Kier alpha value is 0.454. The van der Waals surface area contributed by atoms with Gasteiger partial charge >= 0.3 is 59.1 Å². The standard InChI is InChI=1S/4CN.2Na.Ni/c4*1-2;;;/q4*-1;2*+1;. The maximum absolute atomic E-state index is 6.25. The second-order valence-corrected chi connectivity index (χ2v) is 0. The summed E-state index contributed by atoms with van der Waals surface area (Å²) in [4.78, 5) is 0. The van der Waals surface area contributed by atoms with Gasteiger partial charge in [0.1, 0.15) is 0 Å². The van der Waals surface area contributed by atoms with E-state index in [4.69, 9.17) is 47.3 Å². The van der Waals surface area contributed by atoms with Gasteiger partial charge in [0.05, 0.1) is 0 Å². The zero-order valence-corrected chi connectivity index (χ0v) is 11.1.